The summed E-state index contributed by atoms with van der Waals surface area (Å²) in [5, 5.41) is 18.3. The predicted molar refractivity (Wildman–Crippen MR) is 94.8 cm³/mol. The molecule has 3 rings (SSSR count). The van der Waals surface area contributed by atoms with Crippen molar-refractivity contribution in [3.63, 3.8) is 0 Å². The summed E-state index contributed by atoms with van der Waals surface area (Å²) in [6, 6.07) is 10.1. The van der Waals surface area contributed by atoms with E-state index < -0.39 is 0 Å². The number of amides is 1. The van der Waals surface area contributed by atoms with E-state index in [0.717, 1.165) is 37.3 Å². The molecule has 134 valence electrons. The van der Waals surface area contributed by atoms with Crippen LogP contribution in [-0.2, 0) is 24.7 Å². The lowest BCUT2D eigenvalue weighted by Crippen LogP contribution is -2.41. The third-order valence-electron chi connectivity index (χ3n) is 5.09. The third kappa shape index (κ3) is 4.66. The fourth-order valence-corrected chi connectivity index (χ4v) is 3.47. The zero-order valence-corrected chi connectivity index (χ0v) is 14.7. The zero-order chi connectivity index (χ0) is 17.6. The van der Waals surface area contributed by atoms with Crippen molar-refractivity contribution in [1.82, 2.24) is 19.7 Å². The third-order valence-corrected chi connectivity index (χ3v) is 5.09. The number of carbonyl (C=O) groups excluding carboxylic acids is 1. The fraction of sp³-hybridized carbons (Fsp3) is 0.526. The van der Waals surface area contributed by atoms with Crippen LogP contribution in [0.2, 0.25) is 0 Å². The van der Waals surface area contributed by atoms with Gasteiger partial charge in [0.1, 0.15) is 12.2 Å². The molecule has 6 nitrogen and oxygen atoms in total. The van der Waals surface area contributed by atoms with Gasteiger partial charge in [0.15, 0.2) is 0 Å². The molecule has 0 aliphatic carbocycles. The summed E-state index contributed by atoms with van der Waals surface area (Å²) in [7, 11) is 1.89. The summed E-state index contributed by atoms with van der Waals surface area (Å²) < 4.78 is 1.85. The number of hydrogen-bond acceptors (Lipinski definition) is 4. The highest BCUT2D eigenvalue weighted by atomic mass is 16.3. The number of aliphatic hydroxyl groups is 1. The van der Waals surface area contributed by atoms with Gasteiger partial charge < -0.3 is 14.6 Å². The molecule has 1 amide bonds. The lowest BCUT2D eigenvalue weighted by atomic mass is 9.88. The van der Waals surface area contributed by atoms with Gasteiger partial charge in [0.2, 0.25) is 5.91 Å². The Hall–Kier alpha value is -2.21. The molecule has 0 saturated carbocycles. The number of likely N-dealkylation sites (tertiary alicyclic amines) is 1. The number of nitrogens with zero attached hydrogens (tertiary/aromatic N) is 4. The molecule has 1 fully saturated rings. The molecule has 1 N–H and O–H groups in total. The van der Waals surface area contributed by atoms with Crippen molar-refractivity contribution in [1.29, 1.82) is 0 Å². The van der Waals surface area contributed by atoms with Crippen molar-refractivity contribution in [2.45, 2.75) is 38.2 Å². The Labute approximate surface area is 148 Å². The Kier molecular flexibility index (Phi) is 5.81. The van der Waals surface area contributed by atoms with Crippen LogP contribution in [0.1, 0.15) is 30.7 Å². The quantitative estimate of drug-likeness (QED) is 0.865. The number of benzene rings is 1. The van der Waals surface area contributed by atoms with Crippen LogP contribution >= 0.6 is 0 Å². The lowest BCUT2D eigenvalue weighted by Gasteiger charge is -2.34. The van der Waals surface area contributed by atoms with Gasteiger partial charge in [-0.25, -0.2) is 0 Å². The molecule has 1 aromatic heterocycles. The summed E-state index contributed by atoms with van der Waals surface area (Å²) in [6.07, 6.45) is 4.81. The second-order valence-corrected chi connectivity index (χ2v) is 6.83. The molecule has 1 aliphatic rings. The van der Waals surface area contributed by atoms with E-state index in [0.29, 0.717) is 19.3 Å². The molecule has 1 aromatic carbocycles. The lowest BCUT2D eigenvalue weighted by molar-refractivity contribution is -0.133. The maximum atomic E-state index is 12.4. The topological polar surface area (TPSA) is 71.2 Å². The second kappa shape index (κ2) is 8.25. The largest absolute Gasteiger partial charge is 0.392 e. The summed E-state index contributed by atoms with van der Waals surface area (Å²) in [6.45, 7) is 1.46. The Morgan fingerprint density at radius 1 is 1.28 bits per heavy atom. The summed E-state index contributed by atoms with van der Waals surface area (Å²) >= 11 is 0. The molecule has 2 aromatic rings. The number of carbonyl (C=O) groups is 1. The van der Waals surface area contributed by atoms with E-state index in [9.17, 15) is 9.90 Å². The van der Waals surface area contributed by atoms with Gasteiger partial charge in [0.05, 0.1) is 6.10 Å². The van der Waals surface area contributed by atoms with Crippen LogP contribution in [0.25, 0.3) is 0 Å². The molecule has 6 heteroatoms. The number of aromatic nitrogens is 3. The van der Waals surface area contributed by atoms with Crippen LogP contribution in [0.4, 0.5) is 0 Å². The average Bonchev–Trinajstić information content (AvgIpc) is 3.05. The van der Waals surface area contributed by atoms with Gasteiger partial charge in [-0.2, -0.15) is 0 Å². The van der Waals surface area contributed by atoms with Gasteiger partial charge >= 0.3 is 0 Å². The first-order chi connectivity index (χ1) is 12.1. The number of hydrogen-bond donors (Lipinski definition) is 1. The predicted octanol–water partition coefficient (Wildman–Crippen LogP) is 1.59. The maximum absolute atomic E-state index is 12.4. The van der Waals surface area contributed by atoms with Crippen molar-refractivity contribution in [2.75, 3.05) is 13.1 Å². The molecule has 0 radical (unpaired) electrons. The zero-order valence-electron chi connectivity index (χ0n) is 14.7. The van der Waals surface area contributed by atoms with E-state index in [1.807, 2.05) is 46.8 Å². The number of aliphatic hydroxyl groups excluding tert-OH is 1. The summed E-state index contributed by atoms with van der Waals surface area (Å²) in [4.78, 5) is 14.3. The van der Waals surface area contributed by atoms with Crippen molar-refractivity contribution in [2.24, 2.45) is 13.0 Å². The van der Waals surface area contributed by atoms with Crippen LogP contribution in [0.15, 0.2) is 36.7 Å². The molecular weight excluding hydrogens is 316 g/mol. The van der Waals surface area contributed by atoms with Gasteiger partial charge in [-0.3, -0.25) is 4.79 Å². The van der Waals surface area contributed by atoms with Crippen molar-refractivity contribution in [3.05, 3.63) is 48.0 Å². The van der Waals surface area contributed by atoms with E-state index in [2.05, 4.69) is 10.2 Å². The average molecular weight is 342 g/mol. The van der Waals surface area contributed by atoms with Crippen LogP contribution in [-0.4, -0.2) is 49.9 Å². The number of rotatable bonds is 6. The normalized spacial score (nSPS) is 16.8. The molecule has 1 saturated heterocycles. The van der Waals surface area contributed by atoms with Crippen LogP contribution in [0, 0.1) is 5.92 Å². The molecule has 1 aliphatic heterocycles. The van der Waals surface area contributed by atoms with E-state index in [-0.39, 0.29) is 17.9 Å². The first kappa shape index (κ1) is 17.6. The molecular formula is C19H26N4O2. The van der Waals surface area contributed by atoms with Gasteiger partial charge in [-0.05, 0) is 30.7 Å². The first-order valence-corrected chi connectivity index (χ1v) is 8.96. The standard InChI is InChI=1S/C19H26N4O2/c1-22-14-20-21-18(22)7-8-19(25)23-11-9-16(10-12-23)17(24)13-15-5-3-2-4-6-15/h2-6,14,16-17,24H,7-13H2,1H3/t17-/m0/s1. The van der Waals surface area contributed by atoms with E-state index in [4.69, 9.17) is 0 Å². The van der Waals surface area contributed by atoms with Crippen molar-refractivity contribution >= 4 is 5.91 Å². The minimum absolute atomic E-state index is 0.166. The van der Waals surface area contributed by atoms with Gasteiger partial charge in [-0.1, -0.05) is 30.3 Å². The molecule has 0 unspecified atom stereocenters. The monoisotopic (exact) mass is 342 g/mol. The molecule has 25 heavy (non-hydrogen) atoms. The van der Waals surface area contributed by atoms with E-state index in [1.165, 1.54) is 0 Å². The summed E-state index contributed by atoms with van der Waals surface area (Å²) in [5.74, 6) is 1.27. The fourth-order valence-electron chi connectivity index (χ4n) is 3.47. The minimum Gasteiger partial charge on any atom is -0.392 e. The highest BCUT2D eigenvalue weighted by Crippen LogP contribution is 2.23. The Morgan fingerprint density at radius 3 is 2.64 bits per heavy atom. The van der Waals surface area contributed by atoms with Crippen molar-refractivity contribution in [3.8, 4) is 0 Å². The second-order valence-electron chi connectivity index (χ2n) is 6.83. The van der Waals surface area contributed by atoms with Crippen LogP contribution in [0.3, 0.4) is 0 Å². The van der Waals surface area contributed by atoms with E-state index in [1.54, 1.807) is 6.33 Å². The van der Waals surface area contributed by atoms with Gasteiger partial charge in [-0.15, -0.1) is 10.2 Å². The van der Waals surface area contributed by atoms with E-state index >= 15 is 0 Å². The maximum Gasteiger partial charge on any atom is 0.223 e. The highest BCUT2D eigenvalue weighted by Gasteiger charge is 2.27. The van der Waals surface area contributed by atoms with Gasteiger partial charge in [0.25, 0.3) is 0 Å². The van der Waals surface area contributed by atoms with Gasteiger partial charge in [0, 0.05) is 33.0 Å². The molecule has 2 heterocycles. The Bertz CT molecular complexity index is 678. The Morgan fingerprint density at radius 2 is 2.00 bits per heavy atom. The highest BCUT2D eigenvalue weighted by molar-refractivity contribution is 5.76. The molecule has 0 spiro atoms. The summed E-state index contributed by atoms with van der Waals surface area (Å²) in [5.41, 5.74) is 1.16. The molecule has 1 atom stereocenters. The SMILES string of the molecule is Cn1cnnc1CCC(=O)N1CCC([C@@H](O)Cc2ccccc2)CC1. The number of aryl methyl sites for hydroxylation is 2. The van der Waals surface area contributed by atoms with Crippen LogP contribution < -0.4 is 0 Å². The number of piperidine rings is 1. The molecule has 0 bridgehead atoms. The Balaban J connectivity index is 1.43. The van der Waals surface area contributed by atoms with Crippen LogP contribution in [0.5, 0.6) is 0 Å². The smallest absolute Gasteiger partial charge is 0.223 e. The first-order valence-electron chi connectivity index (χ1n) is 8.96. The minimum atomic E-state index is -0.335. The van der Waals surface area contributed by atoms with Crippen molar-refractivity contribution < 1.29 is 9.90 Å².